The zero-order chi connectivity index (χ0) is 11.2. The Morgan fingerprint density at radius 1 is 1.56 bits per heavy atom. The minimum Gasteiger partial charge on any atom is -0.353 e. The molecule has 16 heavy (non-hydrogen) atoms. The van der Waals surface area contributed by atoms with Crippen LogP contribution in [0.3, 0.4) is 0 Å². The van der Waals surface area contributed by atoms with E-state index in [2.05, 4.69) is 15.3 Å². The number of anilines is 1. The Balaban J connectivity index is 1.86. The highest BCUT2D eigenvalue weighted by Crippen LogP contribution is 2.23. The van der Waals surface area contributed by atoms with Gasteiger partial charge in [0.25, 0.3) is 0 Å². The van der Waals surface area contributed by atoms with E-state index in [4.69, 9.17) is 5.26 Å². The van der Waals surface area contributed by atoms with Gasteiger partial charge < -0.3 is 5.32 Å². The summed E-state index contributed by atoms with van der Waals surface area (Å²) in [6, 6.07) is 3.61. The van der Waals surface area contributed by atoms with E-state index in [1.165, 1.54) is 17.3 Å². The standard InChI is InChI=1S/C10H12N4S2/c11-5-8-1-2-12-10(14-8)13-6-9-7-15-3-4-16-9/h1-2,9H,3-4,6-7H2,(H,12,13,14). The molecule has 1 unspecified atom stereocenters. The van der Waals surface area contributed by atoms with Crippen LogP contribution in [0.5, 0.6) is 0 Å². The van der Waals surface area contributed by atoms with Crippen LogP contribution in [-0.4, -0.2) is 39.0 Å². The number of nitrogens with one attached hydrogen (secondary N) is 1. The van der Waals surface area contributed by atoms with Gasteiger partial charge in [-0.25, -0.2) is 9.97 Å². The molecule has 1 aromatic rings. The second-order valence-electron chi connectivity index (χ2n) is 3.33. The van der Waals surface area contributed by atoms with Crippen LogP contribution in [0, 0.1) is 11.3 Å². The molecule has 1 saturated heterocycles. The van der Waals surface area contributed by atoms with Gasteiger partial charge >= 0.3 is 0 Å². The average molecular weight is 252 g/mol. The lowest BCUT2D eigenvalue weighted by Gasteiger charge is -2.20. The topological polar surface area (TPSA) is 61.6 Å². The summed E-state index contributed by atoms with van der Waals surface area (Å²) in [7, 11) is 0. The Labute approximate surface area is 103 Å². The van der Waals surface area contributed by atoms with E-state index in [0.717, 1.165) is 6.54 Å². The summed E-state index contributed by atoms with van der Waals surface area (Å²) in [6.45, 7) is 0.868. The second-order valence-corrected chi connectivity index (χ2v) is 5.88. The van der Waals surface area contributed by atoms with Gasteiger partial charge in [0.1, 0.15) is 11.8 Å². The molecule has 0 saturated carbocycles. The summed E-state index contributed by atoms with van der Waals surface area (Å²) >= 11 is 3.98. The summed E-state index contributed by atoms with van der Waals surface area (Å²) in [6.07, 6.45) is 1.61. The lowest BCUT2D eigenvalue weighted by Crippen LogP contribution is -2.23. The molecule has 6 heteroatoms. The fourth-order valence-corrected chi connectivity index (χ4v) is 3.98. The molecule has 1 aromatic heterocycles. The van der Waals surface area contributed by atoms with Crippen molar-refractivity contribution in [2.45, 2.75) is 5.25 Å². The maximum atomic E-state index is 8.70. The smallest absolute Gasteiger partial charge is 0.223 e. The normalized spacial score (nSPS) is 20.1. The third-order valence-electron chi connectivity index (χ3n) is 2.14. The van der Waals surface area contributed by atoms with E-state index in [0.29, 0.717) is 16.9 Å². The van der Waals surface area contributed by atoms with Crippen LogP contribution in [0.1, 0.15) is 5.69 Å². The molecule has 0 spiro atoms. The summed E-state index contributed by atoms with van der Waals surface area (Å²) in [5.74, 6) is 4.20. The van der Waals surface area contributed by atoms with Gasteiger partial charge in [-0.15, -0.1) is 0 Å². The summed E-state index contributed by atoms with van der Waals surface area (Å²) in [5.41, 5.74) is 0.406. The fraction of sp³-hybridized carbons (Fsp3) is 0.500. The van der Waals surface area contributed by atoms with E-state index >= 15 is 0 Å². The van der Waals surface area contributed by atoms with E-state index in [1.807, 2.05) is 29.6 Å². The Hall–Kier alpha value is -0.930. The lowest BCUT2D eigenvalue weighted by atomic mass is 10.4. The minimum absolute atomic E-state index is 0.406. The zero-order valence-electron chi connectivity index (χ0n) is 8.72. The lowest BCUT2D eigenvalue weighted by molar-refractivity contribution is 0.970. The third-order valence-corrected chi connectivity index (χ3v) is 4.99. The van der Waals surface area contributed by atoms with Gasteiger partial charge in [-0.1, -0.05) is 0 Å². The van der Waals surface area contributed by atoms with Crippen LogP contribution < -0.4 is 5.32 Å². The van der Waals surface area contributed by atoms with Crippen molar-refractivity contribution in [3.8, 4) is 6.07 Å². The van der Waals surface area contributed by atoms with Gasteiger partial charge in [-0.2, -0.15) is 28.8 Å². The molecular weight excluding hydrogens is 240 g/mol. The van der Waals surface area contributed by atoms with E-state index in [-0.39, 0.29) is 0 Å². The SMILES string of the molecule is N#Cc1ccnc(NCC2CSCCS2)n1. The number of rotatable bonds is 3. The van der Waals surface area contributed by atoms with Crippen molar-refractivity contribution in [3.63, 3.8) is 0 Å². The molecule has 0 radical (unpaired) electrons. The predicted molar refractivity (Wildman–Crippen MR) is 68.8 cm³/mol. The molecule has 2 heterocycles. The molecule has 4 nitrogen and oxygen atoms in total. The van der Waals surface area contributed by atoms with Crippen molar-refractivity contribution < 1.29 is 0 Å². The first-order valence-electron chi connectivity index (χ1n) is 5.05. The third kappa shape index (κ3) is 3.29. The van der Waals surface area contributed by atoms with Crippen LogP contribution in [-0.2, 0) is 0 Å². The van der Waals surface area contributed by atoms with E-state index in [1.54, 1.807) is 12.3 Å². The largest absolute Gasteiger partial charge is 0.353 e. The van der Waals surface area contributed by atoms with Crippen LogP contribution in [0.2, 0.25) is 0 Å². The minimum atomic E-state index is 0.406. The van der Waals surface area contributed by atoms with Crippen molar-refractivity contribution in [3.05, 3.63) is 18.0 Å². The van der Waals surface area contributed by atoms with Crippen molar-refractivity contribution in [1.29, 1.82) is 5.26 Å². The molecular formula is C10H12N4S2. The molecule has 0 aliphatic carbocycles. The molecule has 0 bridgehead atoms. The number of nitriles is 1. The second kappa shape index (κ2) is 5.97. The van der Waals surface area contributed by atoms with E-state index < -0.39 is 0 Å². The van der Waals surface area contributed by atoms with Crippen LogP contribution in [0.4, 0.5) is 5.95 Å². The van der Waals surface area contributed by atoms with E-state index in [9.17, 15) is 0 Å². The average Bonchev–Trinajstić information content (AvgIpc) is 2.38. The first-order chi connectivity index (χ1) is 7.88. The van der Waals surface area contributed by atoms with Crippen molar-refractivity contribution >= 4 is 29.5 Å². The molecule has 0 aromatic carbocycles. The maximum Gasteiger partial charge on any atom is 0.223 e. The van der Waals surface area contributed by atoms with Crippen LogP contribution >= 0.6 is 23.5 Å². The quantitative estimate of drug-likeness (QED) is 0.882. The first-order valence-corrected chi connectivity index (χ1v) is 7.25. The predicted octanol–water partition coefficient (Wildman–Crippen LogP) is 1.61. The van der Waals surface area contributed by atoms with Gasteiger partial charge in [0, 0.05) is 35.3 Å². The van der Waals surface area contributed by atoms with Gasteiger partial charge in [0.15, 0.2) is 0 Å². The van der Waals surface area contributed by atoms with Crippen LogP contribution in [0.15, 0.2) is 12.3 Å². The Morgan fingerprint density at radius 3 is 3.25 bits per heavy atom. The summed E-state index contributed by atoms with van der Waals surface area (Å²) in [5, 5.41) is 12.5. The van der Waals surface area contributed by atoms with Crippen molar-refractivity contribution in [2.75, 3.05) is 29.1 Å². The highest BCUT2D eigenvalue weighted by atomic mass is 32.2. The molecule has 84 valence electrons. The Bertz CT molecular complexity index is 385. The van der Waals surface area contributed by atoms with Gasteiger partial charge in [0.2, 0.25) is 5.95 Å². The summed E-state index contributed by atoms with van der Waals surface area (Å²) < 4.78 is 0. The van der Waals surface area contributed by atoms with Gasteiger partial charge in [-0.05, 0) is 6.07 Å². The Kier molecular flexibility index (Phi) is 4.31. The number of nitrogens with zero attached hydrogens (tertiary/aromatic N) is 3. The molecule has 1 N–H and O–H groups in total. The maximum absolute atomic E-state index is 8.70. The van der Waals surface area contributed by atoms with Gasteiger partial charge in [-0.3, -0.25) is 0 Å². The molecule has 1 aliphatic heterocycles. The highest BCUT2D eigenvalue weighted by molar-refractivity contribution is 8.06. The van der Waals surface area contributed by atoms with Crippen molar-refractivity contribution in [1.82, 2.24) is 9.97 Å². The monoisotopic (exact) mass is 252 g/mol. The van der Waals surface area contributed by atoms with Crippen molar-refractivity contribution in [2.24, 2.45) is 0 Å². The molecule has 1 aliphatic rings. The fourth-order valence-electron chi connectivity index (χ4n) is 1.37. The number of aromatic nitrogens is 2. The highest BCUT2D eigenvalue weighted by Gasteiger charge is 2.14. The number of hydrogen-bond acceptors (Lipinski definition) is 6. The van der Waals surface area contributed by atoms with Crippen LogP contribution in [0.25, 0.3) is 0 Å². The first kappa shape index (κ1) is 11.6. The molecule has 1 fully saturated rings. The molecule has 1 atom stereocenters. The molecule has 2 rings (SSSR count). The number of thioether (sulfide) groups is 2. The van der Waals surface area contributed by atoms with Gasteiger partial charge in [0.05, 0.1) is 0 Å². The summed E-state index contributed by atoms with van der Waals surface area (Å²) in [4.78, 5) is 8.16. The Morgan fingerprint density at radius 2 is 2.50 bits per heavy atom. The zero-order valence-corrected chi connectivity index (χ0v) is 10.4. The molecule has 0 amide bonds. The number of hydrogen-bond donors (Lipinski definition) is 1.